The molecule has 4 rings (SSSR count). The van der Waals surface area contributed by atoms with Crippen molar-refractivity contribution in [1.82, 2.24) is 10.9 Å². The normalized spacial score (nSPS) is 20.7. The van der Waals surface area contributed by atoms with E-state index >= 15 is 4.39 Å². The van der Waals surface area contributed by atoms with Crippen LogP contribution in [-0.4, -0.2) is 18.7 Å². The summed E-state index contributed by atoms with van der Waals surface area (Å²) in [7, 11) is 0. The van der Waals surface area contributed by atoms with Crippen LogP contribution in [-0.2, 0) is 21.7 Å². The Balaban J connectivity index is 1.82. The van der Waals surface area contributed by atoms with E-state index in [4.69, 9.17) is 16.2 Å². The zero-order valence-electron chi connectivity index (χ0n) is 16.9. The van der Waals surface area contributed by atoms with Gasteiger partial charge in [-0.2, -0.15) is 13.2 Å². The number of allylic oxidation sites excluding steroid dienone is 1. The van der Waals surface area contributed by atoms with E-state index in [-0.39, 0.29) is 17.7 Å². The number of hydrazine groups is 1. The number of rotatable bonds is 7. The molecule has 1 atom stereocenters. The van der Waals surface area contributed by atoms with E-state index in [1.807, 2.05) is 5.43 Å². The quantitative estimate of drug-likeness (QED) is 0.383. The van der Waals surface area contributed by atoms with Crippen LogP contribution in [0.2, 0.25) is 0 Å². The molecule has 0 radical (unpaired) electrons. The Labute approximate surface area is 181 Å². The number of primary amides is 1. The molecule has 0 spiro atoms. The fourth-order valence-electron chi connectivity index (χ4n) is 3.67. The van der Waals surface area contributed by atoms with Crippen molar-refractivity contribution in [3.8, 4) is 11.1 Å². The van der Waals surface area contributed by atoms with Crippen LogP contribution in [0, 0.1) is 11.7 Å². The maximum Gasteiger partial charge on any atom is 0.432 e. The molecular weight excluding hydrogens is 428 g/mol. The zero-order chi connectivity index (χ0) is 23.1. The number of carbonyl (C=O) groups excluding carboxylic acids is 1. The van der Waals surface area contributed by atoms with Crippen molar-refractivity contribution in [2.45, 2.75) is 31.2 Å². The molecule has 1 saturated carbocycles. The highest BCUT2D eigenvalue weighted by molar-refractivity contribution is 5.90. The van der Waals surface area contributed by atoms with Gasteiger partial charge in [-0.1, -0.05) is 24.3 Å². The number of benzene rings is 2. The van der Waals surface area contributed by atoms with Crippen molar-refractivity contribution >= 4 is 11.6 Å². The second kappa shape index (κ2) is 8.10. The molecule has 1 aliphatic carbocycles. The standard InChI is InChI=1S/C22H22F4N4O2/c23-19-16(11-32-10-12-4-5-12)15(13-2-1-3-14(27)8-13)6-7-17(19)21(20(28)31)9-18(29-30-21)22(24,25)26/h1-3,6-9,12,29-30H,4-5,10-11,27H2,(H2,28,31). The molecule has 1 aliphatic heterocycles. The molecule has 1 amide bonds. The number of ether oxygens (including phenoxy) is 1. The summed E-state index contributed by atoms with van der Waals surface area (Å²) in [6.07, 6.45) is -2.15. The summed E-state index contributed by atoms with van der Waals surface area (Å²) in [4.78, 5) is 12.3. The van der Waals surface area contributed by atoms with Gasteiger partial charge in [0.15, 0.2) is 5.54 Å². The van der Waals surface area contributed by atoms with Crippen LogP contribution in [0.5, 0.6) is 0 Å². The SMILES string of the molecule is NC(=O)C1(c2ccc(-c3cccc(N)c3)c(COCC3CC3)c2F)C=C(C(F)(F)F)NN1. The monoisotopic (exact) mass is 450 g/mol. The molecule has 10 heteroatoms. The molecule has 1 unspecified atom stereocenters. The van der Waals surface area contributed by atoms with Crippen LogP contribution < -0.4 is 22.3 Å². The lowest BCUT2D eigenvalue weighted by Crippen LogP contribution is -2.52. The highest BCUT2D eigenvalue weighted by Crippen LogP contribution is 2.38. The molecule has 2 aromatic carbocycles. The first-order valence-electron chi connectivity index (χ1n) is 10.0. The van der Waals surface area contributed by atoms with Crippen LogP contribution in [0.25, 0.3) is 11.1 Å². The Kier molecular flexibility index (Phi) is 5.59. The number of carbonyl (C=O) groups is 1. The Morgan fingerprint density at radius 3 is 2.56 bits per heavy atom. The van der Waals surface area contributed by atoms with Gasteiger partial charge in [0, 0.05) is 23.4 Å². The largest absolute Gasteiger partial charge is 0.432 e. The first-order chi connectivity index (χ1) is 15.1. The second-order valence-corrected chi connectivity index (χ2v) is 8.02. The number of nitrogen functional groups attached to an aromatic ring is 1. The van der Waals surface area contributed by atoms with Crippen molar-refractivity contribution in [1.29, 1.82) is 0 Å². The van der Waals surface area contributed by atoms with Crippen LogP contribution in [0.3, 0.4) is 0 Å². The number of nitrogens with one attached hydrogen (secondary N) is 2. The summed E-state index contributed by atoms with van der Waals surface area (Å²) < 4.78 is 61.1. The Morgan fingerprint density at radius 2 is 1.97 bits per heavy atom. The van der Waals surface area contributed by atoms with Gasteiger partial charge in [0.05, 0.1) is 6.61 Å². The van der Waals surface area contributed by atoms with Crippen molar-refractivity contribution in [3.63, 3.8) is 0 Å². The first-order valence-corrected chi connectivity index (χ1v) is 10.0. The lowest BCUT2D eigenvalue weighted by atomic mass is 9.85. The third kappa shape index (κ3) is 4.15. The molecular formula is C22H22F4N4O2. The summed E-state index contributed by atoms with van der Waals surface area (Å²) in [5.74, 6) is -1.65. The van der Waals surface area contributed by atoms with Crippen molar-refractivity contribution in [2.75, 3.05) is 12.3 Å². The third-order valence-electron chi connectivity index (χ3n) is 5.61. The molecule has 170 valence electrons. The van der Waals surface area contributed by atoms with Crippen LogP contribution in [0.4, 0.5) is 23.2 Å². The molecule has 6 N–H and O–H groups in total. The maximum atomic E-state index is 15.8. The summed E-state index contributed by atoms with van der Waals surface area (Å²) in [6.45, 7) is 0.317. The second-order valence-electron chi connectivity index (χ2n) is 8.02. The summed E-state index contributed by atoms with van der Waals surface area (Å²) in [5, 5.41) is 0. The molecule has 2 aromatic rings. The predicted octanol–water partition coefficient (Wildman–Crippen LogP) is 3.24. The van der Waals surface area contributed by atoms with E-state index in [1.54, 1.807) is 24.3 Å². The van der Waals surface area contributed by atoms with Gasteiger partial charge in [0.2, 0.25) is 5.91 Å². The molecule has 0 bridgehead atoms. The molecule has 6 nitrogen and oxygen atoms in total. The molecule has 0 aromatic heterocycles. The van der Waals surface area contributed by atoms with Crippen LogP contribution >= 0.6 is 0 Å². The fraction of sp³-hybridized carbons (Fsp3) is 0.318. The van der Waals surface area contributed by atoms with Gasteiger partial charge >= 0.3 is 6.18 Å². The topological polar surface area (TPSA) is 102 Å². The smallest absolute Gasteiger partial charge is 0.399 e. The summed E-state index contributed by atoms with van der Waals surface area (Å²) in [5.41, 5.74) is 13.3. The number of halogens is 4. The van der Waals surface area contributed by atoms with Crippen molar-refractivity contribution in [3.05, 3.63) is 65.1 Å². The van der Waals surface area contributed by atoms with Crippen LogP contribution in [0.15, 0.2) is 48.2 Å². The van der Waals surface area contributed by atoms with E-state index in [2.05, 4.69) is 5.43 Å². The molecule has 1 heterocycles. The molecule has 1 fully saturated rings. The Hall–Kier alpha value is -3.11. The first kappa shape index (κ1) is 22.1. The van der Waals surface area contributed by atoms with Gasteiger partial charge in [-0.3, -0.25) is 4.79 Å². The van der Waals surface area contributed by atoms with Crippen molar-refractivity contribution in [2.24, 2.45) is 11.7 Å². The molecule has 32 heavy (non-hydrogen) atoms. The third-order valence-corrected chi connectivity index (χ3v) is 5.61. The minimum absolute atomic E-state index is 0.102. The van der Waals surface area contributed by atoms with Gasteiger partial charge in [-0.25, -0.2) is 9.82 Å². The van der Waals surface area contributed by atoms with Gasteiger partial charge in [0.25, 0.3) is 0 Å². The number of hydrogen-bond acceptors (Lipinski definition) is 5. The maximum absolute atomic E-state index is 15.8. The predicted molar refractivity (Wildman–Crippen MR) is 110 cm³/mol. The van der Waals surface area contributed by atoms with E-state index in [0.29, 0.717) is 35.4 Å². The summed E-state index contributed by atoms with van der Waals surface area (Å²) in [6, 6.07) is 9.53. The van der Waals surface area contributed by atoms with Gasteiger partial charge in [0.1, 0.15) is 11.5 Å². The van der Waals surface area contributed by atoms with Gasteiger partial charge in [-0.15, -0.1) is 0 Å². The van der Waals surface area contributed by atoms with E-state index in [0.717, 1.165) is 12.8 Å². The minimum atomic E-state index is -4.78. The van der Waals surface area contributed by atoms with E-state index in [9.17, 15) is 18.0 Å². The van der Waals surface area contributed by atoms with Gasteiger partial charge in [-0.05, 0) is 48.1 Å². The molecule has 2 aliphatic rings. The fourth-order valence-corrected chi connectivity index (χ4v) is 3.67. The lowest BCUT2D eigenvalue weighted by molar-refractivity contribution is -0.123. The number of anilines is 1. The highest BCUT2D eigenvalue weighted by Gasteiger charge is 2.49. The van der Waals surface area contributed by atoms with E-state index in [1.165, 1.54) is 12.1 Å². The Bertz CT molecular complexity index is 1080. The number of nitrogens with two attached hydrogens (primary N) is 2. The molecule has 0 saturated heterocycles. The Morgan fingerprint density at radius 1 is 1.22 bits per heavy atom. The zero-order valence-corrected chi connectivity index (χ0v) is 16.9. The van der Waals surface area contributed by atoms with E-state index < -0.39 is 29.1 Å². The average Bonchev–Trinajstić information content (AvgIpc) is 3.42. The lowest BCUT2D eigenvalue weighted by Gasteiger charge is -2.26. The van der Waals surface area contributed by atoms with Crippen molar-refractivity contribution < 1.29 is 27.1 Å². The minimum Gasteiger partial charge on any atom is -0.399 e. The average molecular weight is 450 g/mol. The highest BCUT2D eigenvalue weighted by atomic mass is 19.4. The number of amides is 1. The van der Waals surface area contributed by atoms with Gasteiger partial charge < -0.3 is 21.6 Å². The summed E-state index contributed by atoms with van der Waals surface area (Å²) >= 11 is 0. The number of hydrogen-bond donors (Lipinski definition) is 4. The number of alkyl halides is 3. The van der Waals surface area contributed by atoms with Crippen LogP contribution in [0.1, 0.15) is 24.0 Å².